The molecule has 4 nitrogen and oxygen atoms in total. The number of pyridine rings is 1. The predicted molar refractivity (Wildman–Crippen MR) is 86.9 cm³/mol. The third kappa shape index (κ3) is 3.74. The summed E-state index contributed by atoms with van der Waals surface area (Å²) in [6.07, 6.45) is 0. The summed E-state index contributed by atoms with van der Waals surface area (Å²) in [4.78, 5) is 11.9. The molecule has 0 N–H and O–H groups in total. The second kappa shape index (κ2) is 7.43. The summed E-state index contributed by atoms with van der Waals surface area (Å²) in [5.74, 6) is 0.768. The second-order valence-electron chi connectivity index (χ2n) is 4.48. The number of nitrogens with zero attached hydrogens (tertiary/aromatic N) is 1. The summed E-state index contributed by atoms with van der Waals surface area (Å²) < 4.78 is 13.2. The summed E-state index contributed by atoms with van der Waals surface area (Å²) in [7, 11) is 1.64. The van der Waals surface area contributed by atoms with Gasteiger partial charge in [0, 0.05) is 29.8 Å². The molecular formula is C16H18BrNO3. The van der Waals surface area contributed by atoms with E-state index in [2.05, 4.69) is 15.9 Å². The van der Waals surface area contributed by atoms with Gasteiger partial charge in [0.15, 0.2) is 0 Å². The van der Waals surface area contributed by atoms with Gasteiger partial charge in [-0.15, -0.1) is 0 Å². The standard InChI is InChI=1S/C16H18BrNO3/c1-3-18-15(5-4-6-16(18)19)13-8-7-12(11-14(13)17)21-10-9-20-2/h4-8,11H,3,9-10H2,1-2H3. The van der Waals surface area contributed by atoms with E-state index in [0.29, 0.717) is 19.8 Å². The van der Waals surface area contributed by atoms with E-state index in [4.69, 9.17) is 9.47 Å². The number of ether oxygens (including phenoxy) is 2. The van der Waals surface area contributed by atoms with Crippen molar-refractivity contribution in [3.05, 3.63) is 51.2 Å². The fourth-order valence-electron chi connectivity index (χ4n) is 2.12. The molecule has 0 radical (unpaired) electrons. The van der Waals surface area contributed by atoms with Gasteiger partial charge in [-0.05, 0) is 47.1 Å². The third-order valence-electron chi connectivity index (χ3n) is 3.14. The lowest BCUT2D eigenvalue weighted by Gasteiger charge is -2.13. The molecule has 0 aliphatic carbocycles. The van der Waals surface area contributed by atoms with Crippen LogP contribution in [0.15, 0.2) is 45.7 Å². The molecule has 2 aromatic rings. The van der Waals surface area contributed by atoms with Gasteiger partial charge in [-0.1, -0.05) is 6.07 Å². The van der Waals surface area contributed by atoms with Gasteiger partial charge in [0.25, 0.3) is 5.56 Å². The Morgan fingerprint density at radius 2 is 2.00 bits per heavy atom. The lowest BCUT2D eigenvalue weighted by Crippen LogP contribution is -2.19. The first-order valence-corrected chi connectivity index (χ1v) is 7.58. The van der Waals surface area contributed by atoms with Crippen molar-refractivity contribution in [2.24, 2.45) is 0 Å². The first-order valence-electron chi connectivity index (χ1n) is 6.79. The van der Waals surface area contributed by atoms with Gasteiger partial charge in [0.05, 0.1) is 12.3 Å². The van der Waals surface area contributed by atoms with Gasteiger partial charge in [-0.2, -0.15) is 0 Å². The Morgan fingerprint density at radius 3 is 2.67 bits per heavy atom. The Morgan fingerprint density at radius 1 is 1.19 bits per heavy atom. The Balaban J connectivity index is 2.33. The van der Waals surface area contributed by atoms with Crippen LogP contribution in [0.5, 0.6) is 5.75 Å². The SMILES string of the molecule is CCn1c(-c2ccc(OCCOC)cc2Br)cccc1=O. The molecule has 21 heavy (non-hydrogen) atoms. The highest BCUT2D eigenvalue weighted by Crippen LogP contribution is 2.31. The van der Waals surface area contributed by atoms with Crippen LogP contribution in [-0.4, -0.2) is 24.9 Å². The average molecular weight is 352 g/mol. The van der Waals surface area contributed by atoms with Crippen LogP contribution in [0.3, 0.4) is 0 Å². The molecular weight excluding hydrogens is 334 g/mol. The number of methoxy groups -OCH3 is 1. The van der Waals surface area contributed by atoms with E-state index >= 15 is 0 Å². The van der Waals surface area contributed by atoms with E-state index in [1.54, 1.807) is 23.8 Å². The summed E-state index contributed by atoms with van der Waals surface area (Å²) in [5.41, 5.74) is 1.86. The molecule has 2 rings (SSSR count). The van der Waals surface area contributed by atoms with Gasteiger partial charge < -0.3 is 14.0 Å². The summed E-state index contributed by atoms with van der Waals surface area (Å²) >= 11 is 3.55. The predicted octanol–water partition coefficient (Wildman–Crippen LogP) is 3.32. The molecule has 0 aliphatic heterocycles. The molecule has 1 heterocycles. The number of hydrogen-bond donors (Lipinski definition) is 0. The molecule has 0 saturated carbocycles. The van der Waals surface area contributed by atoms with E-state index in [1.807, 2.05) is 31.2 Å². The lowest BCUT2D eigenvalue weighted by atomic mass is 10.1. The maximum Gasteiger partial charge on any atom is 0.250 e. The van der Waals surface area contributed by atoms with Crippen LogP contribution in [-0.2, 0) is 11.3 Å². The average Bonchev–Trinajstić information content (AvgIpc) is 2.47. The van der Waals surface area contributed by atoms with Gasteiger partial charge in [-0.3, -0.25) is 4.79 Å². The molecule has 0 bridgehead atoms. The quantitative estimate of drug-likeness (QED) is 0.749. The summed E-state index contributed by atoms with van der Waals surface area (Å²) in [6.45, 7) is 3.65. The van der Waals surface area contributed by atoms with Crippen molar-refractivity contribution in [2.45, 2.75) is 13.5 Å². The molecule has 5 heteroatoms. The van der Waals surface area contributed by atoms with Crippen molar-refractivity contribution in [1.29, 1.82) is 0 Å². The number of rotatable bonds is 6. The van der Waals surface area contributed by atoms with E-state index in [-0.39, 0.29) is 5.56 Å². The highest BCUT2D eigenvalue weighted by molar-refractivity contribution is 9.10. The van der Waals surface area contributed by atoms with Gasteiger partial charge in [0.2, 0.25) is 0 Å². The molecule has 0 aliphatic rings. The Bertz CT molecular complexity index is 667. The highest BCUT2D eigenvalue weighted by atomic mass is 79.9. The van der Waals surface area contributed by atoms with Crippen molar-refractivity contribution in [1.82, 2.24) is 4.57 Å². The largest absolute Gasteiger partial charge is 0.491 e. The number of hydrogen-bond acceptors (Lipinski definition) is 3. The second-order valence-corrected chi connectivity index (χ2v) is 5.33. The molecule has 0 amide bonds. The molecule has 0 spiro atoms. The Labute approximate surface area is 132 Å². The van der Waals surface area contributed by atoms with Crippen molar-refractivity contribution < 1.29 is 9.47 Å². The topological polar surface area (TPSA) is 40.5 Å². The lowest BCUT2D eigenvalue weighted by molar-refractivity contribution is 0.146. The van der Waals surface area contributed by atoms with Crippen molar-refractivity contribution in [3.63, 3.8) is 0 Å². The minimum Gasteiger partial charge on any atom is -0.491 e. The van der Waals surface area contributed by atoms with E-state index < -0.39 is 0 Å². The van der Waals surface area contributed by atoms with Crippen molar-refractivity contribution >= 4 is 15.9 Å². The minimum atomic E-state index is 0.00215. The van der Waals surface area contributed by atoms with Crippen molar-refractivity contribution in [2.75, 3.05) is 20.3 Å². The molecule has 1 aromatic carbocycles. The maximum atomic E-state index is 11.9. The van der Waals surface area contributed by atoms with Gasteiger partial charge >= 0.3 is 0 Å². The third-order valence-corrected chi connectivity index (χ3v) is 3.79. The smallest absolute Gasteiger partial charge is 0.250 e. The zero-order valence-corrected chi connectivity index (χ0v) is 13.7. The molecule has 112 valence electrons. The highest BCUT2D eigenvalue weighted by Gasteiger charge is 2.09. The van der Waals surface area contributed by atoms with Gasteiger partial charge in [-0.25, -0.2) is 0 Å². The maximum absolute atomic E-state index is 11.9. The summed E-state index contributed by atoms with van der Waals surface area (Å²) in [5, 5.41) is 0. The number of aromatic nitrogens is 1. The zero-order valence-electron chi connectivity index (χ0n) is 12.1. The Hall–Kier alpha value is -1.59. The van der Waals surface area contributed by atoms with Crippen LogP contribution in [0.4, 0.5) is 0 Å². The first kappa shape index (κ1) is 15.8. The fourth-order valence-corrected chi connectivity index (χ4v) is 2.68. The zero-order chi connectivity index (χ0) is 15.2. The van der Waals surface area contributed by atoms with Crippen LogP contribution in [0.25, 0.3) is 11.3 Å². The van der Waals surface area contributed by atoms with E-state index in [1.165, 1.54) is 0 Å². The Kier molecular flexibility index (Phi) is 5.59. The molecule has 0 atom stereocenters. The molecule has 0 unspecified atom stereocenters. The number of halogens is 1. The monoisotopic (exact) mass is 351 g/mol. The van der Waals surface area contributed by atoms with Crippen molar-refractivity contribution in [3.8, 4) is 17.0 Å². The molecule has 1 aromatic heterocycles. The van der Waals surface area contributed by atoms with Crippen LogP contribution >= 0.6 is 15.9 Å². The fraction of sp³-hybridized carbons (Fsp3) is 0.312. The summed E-state index contributed by atoms with van der Waals surface area (Å²) in [6, 6.07) is 11.0. The number of benzene rings is 1. The van der Waals surface area contributed by atoms with E-state index in [0.717, 1.165) is 21.5 Å². The van der Waals surface area contributed by atoms with Crippen LogP contribution < -0.4 is 10.3 Å². The molecule has 0 saturated heterocycles. The first-order chi connectivity index (χ1) is 10.2. The van der Waals surface area contributed by atoms with Crippen LogP contribution in [0.1, 0.15) is 6.92 Å². The normalized spacial score (nSPS) is 10.6. The minimum absolute atomic E-state index is 0.00215. The van der Waals surface area contributed by atoms with E-state index in [9.17, 15) is 4.79 Å². The van der Waals surface area contributed by atoms with Crippen LogP contribution in [0.2, 0.25) is 0 Å². The molecule has 0 fully saturated rings. The van der Waals surface area contributed by atoms with Gasteiger partial charge in [0.1, 0.15) is 12.4 Å². The van der Waals surface area contributed by atoms with Crippen LogP contribution in [0, 0.1) is 0 Å².